The molecule has 2 aromatic rings. The summed E-state index contributed by atoms with van der Waals surface area (Å²) in [4.78, 5) is 37.3. The van der Waals surface area contributed by atoms with E-state index in [9.17, 15) is 45.5 Å². The van der Waals surface area contributed by atoms with Crippen LogP contribution in [-0.4, -0.2) is 69.3 Å². The number of benzene rings is 2. The topological polar surface area (TPSA) is 157 Å². The fourth-order valence-electron chi connectivity index (χ4n) is 5.76. The molecule has 46 heavy (non-hydrogen) atoms. The molecule has 2 aliphatic rings. The molecule has 0 spiro atoms. The van der Waals surface area contributed by atoms with Gasteiger partial charge in [0.1, 0.15) is 5.75 Å². The van der Waals surface area contributed by atoms with Crippen LogP contribution < -0.4 is 20.1 Å². The molecule has 0 bridgehead atoms. The number of nitrogens with one attached hydrogen (secondary N) is 2. The van der Waals surface area contributed by atoms with E-state index < -0.39 is 73.4 Å². The van der Waals surface area contributed by atoms with E-state index in [2.05, 4.69) is 10.6 Å². The number of methoxy groups -OCH3 is 2. The van der Waals surface area contributed by atoms with Gasteiger partial charge in [0, 0.05) is 18.9 Å². The van der Waals surface area contributed by atoms with Gasteiger partial charge in [0.15, 0.2) is 11.6 Å². The minimum absolute atomic E-state index is 0.115. The van der Waals surface area contributed by atoms with Crippen molar-refractivity contribution in [1.82, 2.24) is 5.32 Å². The maximum atomic E-state index is 15.0. The number of carbonyl (C=O) groups excluding carboxylic acids is 2. The first kappa shape index (κ1) is 34.9. The van der Waals surface area contributed by atoms with Crippen molar-refractivity contribution in [2.75, 3.05) is 19.5 Å². The molecule has 3 atom stereocenters. The number of anilines is 1. The monoisotopic (exact) mass is 674 g/mol. The van der Waals surface area contributed by atoms with E-state index >= 15 is 0 Å². The average molecular weight is 675 g/mol. The molecule has 2 aromatic carbocycles. The van der Waals surface area contributed by atoms with Gasteiger partial charge in [-0.2, -0.15) is 13.2 Å². The van der Waals surface area contributed by atoms with Crippen molar-refractivity contribution in [1.29, 1.82) is 0 Å². The summed E-state index contributed by atoms with van der Waals surface area (Å²) in [5.74, 6) is -4.49. The maximum Gasteiger partial charge on any atom is 0.501 e. The van der Waals surface area contributed by atoms with Gasteiger partial charge in [0.05, 0.1) is 47.2 Å². The Kier molecular flexibility index (Phi) is 10.2. The number of ether oxygens (including phenoxy) is 3. The third-order valence-electron chi connectivity index (χ3n) is 8.59. The number of alkyl halides is 3. The zero-order chi connectivity index (χ0) is 34.0. The fraction of sp³-hybridized carbons (Fsp3) is 0.500. The molecule has 0 aliphatic heterocycles. The first-order valence-electron chi connectivity index (χ1n) is 14.3. The maximum absolute atomic E-state index is 15.0. The minimum atomic E-state index is -5.66. The molecular formula is C30H34F4N2O9S. The second-order valence-corrected chi connectivity index (χ2v) is 13.5. The van der Waals surface area contributed by atoms with E-state index in [-0.39, 0.29) is 29.2 Å². The van der Waals surface area contributed by atoms with Gasteiger partial charge in [-0.1, -0.05) is 6.07 Å². The van der Waals surface area contributed by atoms with Crippen LogP contribution >= 0.6 is 0 Å². The third kappa shape index (κ3) is 7.22. The summed E-state index contributed by atoms with van der Waals surface area (Å²) in [6, 6.07) is 4.92. The predicted octanol–water partition coefficient (Wildman–Crippen LogP) is 4.70. The molecule has 2 fully saturated rings. The Bertz CT molecular complexity index is 1590. The van der Waals surface area contributed by atoms with Crippen LogP contribution in [0.5, 0.6) is 11.5 Å². The highest BCUT2D eigenvalue weighted by molar-refractivity contribution is 7.92. The van der Waals surface area contributed by atoms with Gasteiger partial charge in [-0.05, 0) is 69.7 Å². The van der Waals surface area contributed by atoms with Crippen LogP contribution in [0.4, 0.5) is 23.2 Å². The van der Waals surface area contributed by atoms with Crippen molar-refractivity contribution in [3.05, 3.63) is 47.8 Å². The number of halogens is 4. The van der Waals surface area contributed by atoms with E-state index in [0.29, 0.717) is 38.2 Å². The quantitative estimate of drug-likeness (QED) is 0.304. The number of aliphatic carboxylic acids is 1. The highest BCUT2D eigenvalue weighted by Crippen LogP contribution is 2.39. The Hall–Kier alpha value is -3.92. The lowest BCUT2D eigenvalue weighted by atomic mass is 9.75. The molecule has 4 rings (SSSR count). The Morgan fingerprint density at radius 3 is 2.26 bits per heavy atom. The zero-order valence-electron chi connectivity index (χ0n) is 25.1. The average Bonchev–Trinajstić information content (AvgIpc) is 3.41. The molecule has 252 valence electrons. The van der Waals surface area contributed by atoms with Crippen molar-refractivity contribution in [3.63, 3.8) is 0 Å². The molecular weight excluding hydrogens is 640 g/mol. The van der Waals surface area contributed by atoms with Gasteiger partial charge in [-0.15, -0.1) is 0 Å². The SMILES string of the molecule is COc1cc(F)c(O[C@H]2CC[C@@](C)(C(=O)O)CC2)cc1C(=O)N[C@@H]1C(C(=O)Nc2cccc(S(=O)(=O)C(F)(F)F)c2)CC[C@H]1OC. The summed E-state index contributed by atoms with van der Waals surface area (Å²) >= 11 is 0. The summed E-state index contributed by atoms with van der Waals surface area (Å²) in [5, 5.41) is 14.6. The Morgan fingerprint density at radius 1 is 1.00 bits per heavy atom. The lowest BCUT2D eigenvalue weighted by molar-refractivity contribution is -0.150. The largest absolute Gasteiger partial charge is 0.501 e. The van der Waals surface area contributed by atoms with Gasteiger partial charge in [0.25, 0.3) is 15.7 Å². The van der Waals surface area contributed by atoms with Crippen LogP contribution in [0.25, 0.3) is 0 Å². The van der Waals surface area contributed by atoms with Gasteiger partial charge in [-0.3, -0.25) is 14.4 Å². The number of hydrogen-bond donors (Lipinski definition) is 3. The Balaban J connectivity index is 1.52. The number of carbonyl (C=O) groups is 3. The van der Waals surface area contributed by atoms with E-state index in [1.54, 1.807) is 6.92 Å². The number of carboxylic acids is 1. The summed E-state index contributed by atoms with van der Waals surface area (Å²) in [7, 11) is -3.05. The van der Waals surface area contributed by atoms with Crippen LogP contribution in [0.15, 0.2) is 41.3 Å². The van der Waals surface area contributed by atoms with Gasteiger partial charge in [-0.25, -0.2) is 12.8 Å². The number of hydrogen-bond acceptors (Lipinski definition) is 8. The second-order valence-electron chi connectivity index (χ2n) is 11.6. The number of rotatable bonds is 10. The zero-order valence-corrected chi connectivity index (χ0v) is 26.0. The van der Waals surface area contributed by atoms with E-state index in [1.807, 2.05) is 0 Å². The van der Waals surface area contributed by atoms with Crippen LogP contribution in [0, 0.1) is 17.2 Å². The van der Waals surface area contributed by atoms with Crippen LogP contribution in [0.1, 0.15) is 55.8 Å². The summed E-state index contributed by atoms with van der Waals surface area (Å²) in [6.45, 7) is 1.64. The normalized spacial score (nSPS) is 25.0. The van der Waals surface area contributed by atoms with Gasteiger partial charge >= 0.3 is 11.5 Å². The number of amides is 2. The predicted molar refractivity (Wildman–Crippen MR) is 155 cm³/mol. The molecule has 2 saturated carbocycles. The smallest absolute Gasteiger partial charge is 0.496 e. The van der Waals surface area contributed by atoms with Crippen molar-refractivity contribution in [2.45, 2.75) is 74.1 Å². The molecule has 11 nitrogen and oxygen atoms in total. The molecule has 0 saturated heterocycles. The van der Waals surface area contributed by atoms with E-state index in [1.165, 1.54) is 20.3 Å². The van der Waals surface area contributed by atoms with Crippen molar-refractivity contribution >= 4 is 33.3 Å². The van der Waals surface area contributed by atoms with Crippen LogP contribution in [-0.2, 0) is 24.2 Å². The Labute approximate surface area is 262 Å². The summed E-state index contributed by atoms with van der Waals surface area (Å²) in [5.41, 5.74) is -6.76. The van der Waals surface area contributed by atoms with E-state index in [4.69, 9.17) is 14.2 Å². The van der Waals surface area contributed by atoms with Crippen molar-refractivity contribution < 1.29 is 59.7 Å². The molecule has 0 heterocycles. The molecule has 16 heteroatoms. The van der Waals surface area contributed by atoms with Gasteiger partial charge < -0.3 is 30.0 Å². The van der Waals surface area contributed by atoms with Crippen molar-refractivity contribution in [3.8, 4) is 11.5 Å². The standard InChI is InChI=1S/C30H34F4N2O9S/c1-29(28(39)40)11-9-17(10-12-29)45-24-14-20(23(44-3)15-21(24)31)27(38)36-25-19(7-8-22(25)43-2)26(37)35-16-5-4-6-18(13-16)46(41,42)30(32,33)34/h4-6,13-15,17,19,22,25H,7-12H2,1-3H3,(H,35,37)(H,36,38)(H,39,40)/t17-,19?,22-,25-,29+/m1/s1. The molecule has 1 unspecified atom stereocenters. The van der Waals surface area contributed by atoms with Crippen LogP contribution in [0.2, 0.25) is 0 Å². The first-order chi connectivity index (χ1) is 21.5. The first-order valence-corrected chi connectivity index (χ1v) is 15.8. The summed E-state index contributed by atoms with van der Waals surface area (Å²) in [6.07, 6.45) is 0.759. The highest BCUT2D eigenvalue weighted by atomic mass is 32.2. The number of carboxylic acid groups (broad SMARTS) is 1. The highest BCUT2D eigenvalue weighted by Gasteiger charge is 2.47. The summed E-state index contributed by atoms with van der Waals surface area (Å²) < 4.78 is 94.3. The lowest BCUT2D eigenvalue weighted by Gasteiger charge is -2.34. The fourth-order valence-corrected chi connectivity index (χ4v) is 6.57. The number of sulfone groups is 1. The third-order valence-corrected chi connectivity index (χ3v) is 10.1. The van der Waals surface area contributed by atoms with Gasteiger partial charge in [0.2, 0.25) is 5.91 Å². The van der Waals surface area contributed by atoms with E-state index in [0.717, 1.165) is 24.3 Å². The molecule has 0 aromatic heterocycles. The molecule has 3 N–H and O–H groups in total. The Morgan fingerprint density at radius 2 is 1.67 bits per heavy atom. The van der Waals surface area contributed by atoms with Crippen molar-refractivity contribution in [2.24, 2.45) is 11.3 Å². The van der Waals surface area contributed by atoms with Crippen LogP contribution in [0.3, 0.4) is 0 Å². The molecule has 2 amide bonds. The molecule has 0 radical (unpaired) electrons. The molecule has 2 aliphatic carbocycles. The second kappa shape index (κ2) is 13.4. The minimum Gasteiger partial charge on any atom is -0.496 e. The lowest BCUT2D eigenvalue weighted by Crippen LogP contribution is -2.48.